The van der Waals surface area contributed by atoms with Crippen LogP contribution in [0.3, 0.4) is 0 Å². The minimum atomic E-state index is 0.721. The van der Waals surface area contributed by atoms with Gasteiger partial charge in [-0.1, -0.05) is 12.1 Å². The summed E-state index contributed by atoms with van der Waals surface area (Å²) < 4.78 is 0. The van der Waals surface area contributed by atoms with Crippen molar-refractivity contribution in [2.45, 2.75) is 19.5 Å². The molecule has 0 aliphatic carbocycles. The molecule has 21 heavy (non-hydrogen) atoms. The fourth-order valence-electron chi connectivity index (χ4n) is 2.66. The van der Waals surface area contributed by atoms with Crippen LogP contribution in [0.2, 0.25) is 0 Å². The summed E-state index contributed by atoms with van der Waals surface area (Å²) in [6.07, 6.45) is 1.20. The van der Waals surface area contributed by atoms with Gasteiger partial charge in [-0.25, -0.2) is 0 Å². The minimum absolute atomic E-state index is 0.721. The van der Waals surface area contributed by atoms with E-state index in [0.717, 1.165) is 31.7 Å². The van der Waals surface area contributed by atoms with E-state index >= 15 is 0 Å². The molecule has 4 heteroatoms. The molecule has 0 amide bonds. The second-order valence-electron chi connectivity index (χ2n) is 5.38. The van der Waals surface area contributed by atoms with Crippen LogP contribution in [0.4, 0.5) is 0 Å². The number of hydrogen-bond donors (Lipinski definition) is 1. The second kappa shape index (κ2) is 6.86. The molecule has 2 heterocycles. The molecule has 1 aromatic heterocycles. The first kappa shape index (κ1) is 14.3. The lowest BCUT2D eigenvalue weighted by Crippen LogP contribution is -2.35. The van der Waals surface area contributed by atoms with Gasteiger partial charge in [-0.2, -0.15) is 5.26 Å². The molecular formula is C17H19N3S. The van der Waals surface area contributed by atoms with Crippen molar-refractivity contribution < 1.29 is 0 Å². The van der Waals surface area contributed by atoms with Crippen molar-refractivity contribution in [3.63, 3.8) is 0 Å². The van der Waals surface area contributed by atoms with Gasteiger partial charge in [-0.05, 0) is 41.1 Å². The van der Waals surface area contributed by atoms with Gasteiger partial charge in [-0.3, -0.25) is 4.90 Å². The number of nitrogens with zero attached hydrogens (tertiary/aromatic N) is 2. The molecule has 0 atom stereocenters. The normalized spacial score (nSPS) is 14.6. The van der Waals surface area contributed by atoms with E-state index in [0.29, 0.717) is 0 Å². The Balaban J connectivity index is 1.40. The van der Waals surface area contributed by atoms with E-state index in [-0.39, 0.29) is 0 Å². The number of fused-ring (bicyclic) bond motifs is 1. The highest BCUT2D eigenvalue weighted by molar-refractivity contribution is 7.10. The molecule has 0 radical (unpaired) electrons. The highest BCUT2D eigenvalue weighted by Gasteiger charge is 2.16. The van der Waals surface area contributed by atoms with E-state index in [1.54, 1.807) is 4.88 Å². The van der Waals surface area contributed by atoms with Gasteiger partial charge in [0.1, 0.15) is 0 Å². The molecule has 1 aliphatic heterocycles. The average Bonchev–Trinajstić information content (AvgIpc) is 3.00. The van der Waals surface area contributed by atoms with Gasteiger partial charge in [0.15, 0.2) is 0 Å². The molecule has 0 saturated carbocycles. The summed E-state index contributed by atoms with van der Waals surface area (Å²) in [5.74, 6) is 0. The third-order valence-electron chi connectivity index (χ3n) is 3.90. The predicted molar refractivity (Wildman–Crippen MR) is 86.2 cm³/mol. The maximum absolute atomic E-state index is 8.77. The van der Waals surface area contributed by atoms with Crippen molar-refractivity contribution in [1.82, 2.24) is 10.2 Å². The van der Waals surface area contributed by atoms with Crippen LogP contribution < -0.4 is 5.32 Å². The van der Waals surface area contributed by atoms with Crippen LogP contribution in [0.15, 0.2) is 35.7 Å². The number of benzene rings is 1. The Morgan fingerprint density at radius 2 is 2.10 bits per heavy atom. The third kappa shape index (κ3) is 3.70. The van der Waals surface area contributed by atoms with E-state index in [9.17, 15) is 0 Å². The summed E-state index contributed by atoms with van der Waals surface area (Å²) in [5, 5.41) is 14.5. The topological polar surface area (TPSA) is 39.1 Å². The molecule has 3 nitrogen and oxygen atoms in total. The lowest BCUT2D eigenvalue weighted by molar-refractivity contribution is 0.255. The molecule has 0 bridgehead atoms. The van der Waals surface area contributed by atoms with Gasteiger partial charge in [0.2, 0.25) is 0 Å². The van der Waals surface area contributed by atoms with E-state index in [2.05, 4.69) is 27.7 Å². The number of nitriles is 1. The summed E-state index contributed by atoms with van der Waals surface area (Å²) >= 11 is 1.89. The zero-order valence-corrected chi connectivity index (χ0v) is 12.8. The summed E-state index contributed by atoms with van der Waals surface area (Å²) in [6, 6.07) is 12.2. The van der Waals surface area contributed by atoms with Crippen LogP contribution >= 0.6 is 11.3 Å². The van der Waals surface area contributed by atoms with Crippen molar-refractivity contribution in [3.8, 4) is 6.07 Å². The smallest absolute Gasteiger partial charge is 0.0991 e. The zero-order chi connectivity index (χ0) is 14.5. The summed E-state index contributed by atoms with van der Waals surface area (Å²) in [5.41, 5.74) is 3.46. The Kier molecular flexibility index (Phi) is 4.66. The van der Waals surface area contributed by atoms with Gasteiger partial charge >= 0.3 is 0 Å². The van der Waals surface area contributed by atoms with Gasteiger partial charge in [0.05, 0.1) is 11.6 Å². The Morgan fingerprint density at radius 1 is 1.24 bits per heavy atom. The Bertz CT molecular complexity index is 624. The fraction of sp³-hybridized carbons (Fsp3) is 0.353. The van der Waals surface area contributed by atoms with Crippen LogP contribution in [0, 0.1) is 11.3 Å². The average molecular weight is 297 g/mol. The summed E-state index contributed by atoms with van der Waals surface area (Å²) in [4.78, 5) is 4.08. The zero-order valence-electron chi connectivity index (χ0n) is 12.0. The minimum Gasteiger partial charge on any atom is -0.311 e. The summed E-state index contributed by atoms with van der Waals surface area (Å²) in [6.45, 7) is 5.22. The van der Waals surface area contributed by atoms with Crippen molar-refractivity contribution in [2.75, 3.05) is 19.6 Å². The Morgan fingerprint density at radius 3 is 2.90 bits per heavy atom. The number of hydrogen-bond acceptors (Lipinski definition) is 4. The van der Waals surface area contributed by atoms with E-state index < -0.39 is 0 Å². The van der Waals surface area contributed by atoms with Crippen LogP contribution in [-0.4, -0.2) is 24.5 Å². The van der Waals surface area contributed by atoms with Gasteiger partial charge in [0, 0.05) is 37.6 Å². The highest BCUT2D eigenvalue weighted by atomic mass is 32.1. The maximum atomic E-state index is 8.77. The molecule has 0 spiro atoms. The van der Waals surface area contributed by atoms with Crippen molar-refractivity contribution in [3.05, 3.63) is 57.3 Å². The number of rotatable bonds is 5. The highest BCUT2D eigenvalue weighted by Crippen LogP contribution is 2.23. The number of nitrogens with one attached hydrogen (secondary N) is 1. The quantitative estimate of drug-likeness (QED) is 0.863. The Labute approximate surface area is 129 Å². The monoisotopic (exact) mass is 297 g/mol. The summed E-state index contributed by atoms with van der Waals surface area (Å²) in [7, 11) is 0. The molecule has 1 aromatic carbocycles. The second-order valence-corrected chi connectivity index (χ2v) is 6.38. The standard InChI is InChI=1S/C17H19N3S/c18-11-14-1-3-15(4-2-14)12-19-7-9-20-8-5-17-16(13-20)6-10-21-17/h1-4,6,10,19H,5,7-9,12-13H2. The molecule has 0 fully saturated rings. The maximum Gasteiger partial charge on any atom is 0.0991 e. The molecule has 108 valence electrons. The molecule has 2 aromatic rings. The lowest BCUT2D eigenvalue weighted by atomic mass is 10.1. The molecule has 1 N–H and O–H groups in total. The van der Waals surface area contributed by atoms with E-state index in [1.807, 2.05) is 35.6 Å². The van der Waals surface area contributed by atoms with E-state index in [1.165, 1.54) is 24.1 Å². The molecule has 3 rings (SSSR count). The van der Waals surface area contributed by atoms with Gasteiger partial charge < -0.3 is 5.32 Å². The first-order valence-corrected chi connectivity index (χ1v) is 8.20. The third-order valence-corrected chi connectivity index (χ3v) is 4.93. The molecule has 0 unspecified atom stereocenters. The van der Waals surface area contributed by atoms with Crippen LogP contribution in [0.1, 0.15) is 21.6 Å². The van der Waals surface area contributed by atoms with Gasteiger partial charge in [-0.15, -0.1) is 11.3 Å². The fourth-order valence-corrected chi connectivity index (χ4v) is 3.55. The van der Waals surface area contributed by atoms with Crippen molar-refractivity contribution in [2.24, 2.45) is 0 Å². The molecule has 1 aliphatic rings. The predicted octanol–water partition coefficient (Wildman–Crippen LogP) is 2.77. The van der Waals surface area contributed by atoms with Crippen LogP contribution in [0.5, 0.6) is 0 Å². The largest absolute Gasteiger partial charge is 0.311 e. The number of thiophene rings is 1. The first-order chi connectivity index (χ1) is 10.3. The lowest BCUT2D eigenvalue weighted by Gasteiger charge is -2.26. The Hall–Kier alpha value is -1.67. The molecule has 0 saturated heterocycles. The van der Waals surface area contributed by atoms with Crippen molar-refractivity contribution >= 4 is 11.3 Å². The van der Waals surface area contributed by atoms with Crippen LogP contribution in [0.25, 0.3) is 0 Å². The molecular weight excluding hydrogens is 278 g/mol. The van der Waals surface area contributed by atoms with Crippen molar-refractivity contribution in [1.29, 1.82) is 5.26 Å². The van der Waals surface area contributed by atoms with Gasteiger partial charge in [0.25, 0.3) is 0 Å². The van der Waals surface area contributed by atoms with Crippen LogP contribution in [-0.2, 0) is 19.5 Å². The van der Waals surface area contributed by atoms with E-state index in [4.69, 9.17) is 5.26 Å². The first-order valence-electron chi connectivity index (χ1n) is 7.32. The SMILES string of the molecule is N#Cc1ccc(CNCCN2CCc3sccc3C2)cc1.